The van der Waals surface area contributed by atoms with Gasteiger partial charge in [0.1, 0.15) is 11.5 Å². The smallest absolute Gasteiger partial charge is 0.251 e. The molecule has 0 spiro atoms. The highest BCUT2D eigenvalue weighted by Gasteiger charge is 2.21. The third-order valence-electron chi connectivity index (χ3n) is 3.86. The lowest BCUT2D eigenvalue weighted by Gasteiger charge is -2.16. The Hall–Kier alpha value is -2.48. The van der Waals surface area contributed by atoms with Crippen LogP contribution >= 0.6 is 11.8 Å². The molecule has 1 aromatic carbocycles. The molecule has 0 radical (unpaired) electrons. The Kier molecular flexibility index (Phi) is 7.72. The number of thioether (sulfide) groups is 1. The van der Waals surface area contributed by atoms with Crippen molar-refractivity contribution in [2.24, 2.45) is 0 Å². The molecule has 1 aromatic heterocycles. The van der Waals surface area contributed by atoms with Gasteiger partial charge in [0.05, 0.1) is 25.2 Å². The second-order valence-corrected chi connectivity index (χ2v) is 7.05. The Morgan fingerprint density at radius 2 is 2.04 bits per heavy atom. The maximum absolute atomic E-state index is 12.8. The second-order valence-electron chi connectivity index (χ2n) is 5.86. The molecule has 1 unspecified atom stereocenters. The summed E-state index contributed by atoms with van der Waals surface area (Å²) in [6, 6.07) is 6.69. The van der Waals surface area contributed by atoms with Crippen molar-refractivity contribution in [3.63, 3.8) is 0 Å². The van der Waals surface area contributed by atoms with Gasteiger partial charge in [-0.15, -0.1) is 0 Å². The van der Waals surface area contributed by atoms with Crippen LogP contribution < -0.4 is 20.3 Å². The molecule has 0 aliphatic rings. The predicted octanol–water partition coefficient (Wildman–Crippen LogP) is 3.25. The number of rotatable bonds is 9. The number of hydrogen-bond donors (Lipinski definition) is 2. The number of H-pyrrole nitrogens is 1. The van der Waals surface area contributed by atoms with Crippen LogP contribution in [0.5, 0.6) is 11.5 Å². The van der Waals surface area contributed by atoms with Gasteiger partial charge in [0.25, 0.3) is 5.56 Å². The normalized spacial score (nSPS) is 11.7. The van der Waals surface area contributed by atoms with E-state index < -0.39 is 5.25 Å². The average molecular weight is 391 g/mol. The SMILES string of the molecule is CCCc1cc(=O)[nH]c(SC(CC)C(=O)Nc2cc(OC)ccc2OC)n1. The third-order valence-corrected chi connectivity index (χ3v) is 5.11. The van der Waals surface area contributed by atoms with Crippen molar-refractivity contribution in [1.82, 2.24) is 9.97 Å². The monoisotopic (exact) mass is 391 g/mol. The summed E-state index contributed by atoms with van der Waals surface area (Å²) in [5.74, 6) is 0.961. The second kappa shape index (κ2) is 10.0. The summed E-state index contributed by atoms with van der Waals surface area (Å²) in [4.78, 5) is 31.7. The van der Waals surface area contributed by atoms with Crippen molar-refractivity contribution in [2.75, 3.05) is 19.5 Å². The van der Waals surface area contributed by atoms with E-state index in [0.717, 1.165) is 18.5 Å². The number of nitrogens with one attached hydrogen (secondary N) is 2. The lowest BCUT2D eigenvalue weighted by atomic mass is 10.2. The summed E-state index contributed by atoms with van der Waals surface area (Å²) in [5.41, 5.74) is 1.05. The van der Waals surface area contributed by atoms with Gasteiger partial charge in [0.2, 0.25) is 5.91 Å². The number of anilines is 1. The molecule has 0 bridgehead atoms. The molecule has 8 heteroatoms. The quantitative estimate of drug-likeness (QED) is 0.503. The van der Waals surface area contributed by atoms with Crippen LogP contribution in [0.2, 0.25) is 0 Å². The molecule has 7 nitrogen and oxygen atoms in total. The molecule has 146 valence electrons. The van der Waals surface area contributed by atoms with E-state index in [0.29, 0.717) is 28.8 Å². The Morgan fingerprint density at radius 3 is 2.67 bits per heavy atom. The van der Waals surface area contributed by atoms with Crippen LogP contribution in [0, 0.1) is 0 Å². The van der Waals surface area contributed by atoms with Crippen LogP contribution in [-0.2, 0) is 11.2 Å². The summed E-state index contributed by atoms with van der Waals surface area (Å²) in [6.07, 6.45) is 2.19. The summed E-state index contributed by atoms with van der Waals surface area (Å²) >= 11 is 1.24. The lowest BCUT2D eigenvalue weighted by molar-refractivity contribution is -0.115. The van der Waals surface area contributed by atoms with Crippen LogP contribution in [-0.4, -0.2) is 35.3 Å². The summed E-state index contributed by atoms with van der Waals surface area (Å²) in [5, 5.41) is 2.91. The van der Waals surface area contributed by atoms with Crippen molar-refractivity contribution in [3.8, 4) is 11.5 Å². The molecule has 2 rings (SSSR count). The van der Waals surface area contributed by atoms with E-state index in [2.05, 4.69) is 15.3 Å². The molecule has 0 saturated heterocycles. The van der Waals surface area contributed by atoms with Gasteiger partial charge in [0, 0.05) is 17.8 Å². The molecule has 0 aliphatic carbocycles. The zero-order valence-electron chi connectivity index (χ0n) is 16.0. The number of amides is 1. The number of aromatic amines is 1. The van der Waals surface area contributed by atoms with Gasteiger partial charge in [-0.3, -0.25) is 9.59 Å². The number of aryl methyl sites for hydroxylation is 1. The number of methoxy groups -OCH3 is 2. The van der Waals surface area contributed by atoms with Crippen molar-refractivity contribution < 1.29 is 14.3 Å². The number of carbonyl (C=O) groups is 1. The predicted molar refractivity (Wildman–Crippen MR) is 107 cm³/mol. The largest absolute Gasteiger partial charge is 0.497 e. The minimum atomic E-state index is -0.416. The molecule has 27 heavy (non-hydrogen) atoms. The zero-order chi connectivity index (χ0) is 19.8. The molecule has 1 amide bonds. The van der Waals surface area contributed by atoms with Gasteiger partial charge in [0.15, 0.2) is 5.16 Å². The zero-order valence-corrected chi connectivity index (χ0v) is 16.8. The highest BCUT2D eigenvalue weighted by Crippen LogP contribution is 2.30. The van der Waals surface area contributed by atoms with E-state index in [-0.39, 0.29) is 11.5 Å². The maximum Gasteiger partial charge on any atom is 0.251 e. The van der Waals surface area contributed by atoms with Crippen molar-refractivity contribution in [1.29, 1.82) is 0 Å². The van der Waals surface area contributed by atoms with Gasteiger partial charge >= 0.3 is 0 Å². The minimum absolute atomic E-state index is 0.197. The molecule has 0 saturated carbocycles. The molecule has 2 aromatic rings. The minimum Gasteiger partial charge on any atom is -0.497 e. The van der Waals surface area contributed by atoms with Crippen molar-refractivity contribution in [2.45, 2.75) is 43.5 Å². The van der Waals surface area contributed by atoms with Crippen molar-refractivity contribution in [3.05, 3.63) is 40.3 Å². The van der Waals surface area contributed by atoms with E-state index in [1.807, 2.05) is 13.8 Å². The number of nitrogens with zero attached hydrogens (tertiary/aromatic N) is 1. The third kappa shape index (κ3) is 5.75. The van der Waals surface area contributed by atoms with Crippen LogP contribution in [0.4, 0.5) is 5.69 Å². The van der Waals surface area contributed by atoms with E-state index in [1.165, 1.54) is 24.9 Å². The standard InChI is InChI=1S/C19H25N3O4S/c1-5-7-12-10-17(23)22-19(20-12)27-16(6-2)18(24)21-14-11-13(25-3)8-9-15(14)26-4/h8-11,16H,5-7H2,1-4H3,(H,21,24)(H,20,22,23). The molecule has 1 atom stereocenters. The molecular formula is C19H25N3O4S. The fourth-order valence-corrected chi connectivity index (χ4v) is 3.44. The van der Waals surface area contributed by atoms with Crippen LogP contribution in [0.1, 0.15) is 32.4 Å². The topological polar surface area (TPSA) is 93.3 Å². The van der Waals surface area contributed by atoms with Gasteiger partial charge < -0.3 is 19.8 Å². The number of aromatic nitrogens is 2. The van der Waals surface area contributed by atoms with Gasteiger partial charge in [-0.1, -0.05) is 32.0 Å². The number of ether oxygens (including phenoxy) is 2. The Labute approximate surface area is 162 Å². The summed E-state index contributed by atoms with van der Waals surface area (Å²) in [7, 11) is 3.10. The van der Waals surface area contributed by atoms with Gasteiger partial charge in [-0.05, 0) is 25.0 Å². The Balaban J connectivity index is 2.18. The Bertz CT molecular complexity index is 838. The van der Waals surface area contributed by atoms with E-state index in [1.54, 1.807) is 25.3 Å². The first-order chi connectivity index (χ1) is 13.0. The average Bonchev–Trinajstić information content (AvgIpc) is 2.65. The van der Waals surface area contributed by atoms with Crippen LogP contribution in [0.25, 0.3) is 0 Å². The van der Waals surface area contributed by atoms with Gasteiger partial charge in [-0.2, -0.15) is 0 Å². The summed E-state index contributed by atoms with van der Waals surface area (Å²) in [6.45, 7) is 3.94. The van der Waals surface area contributed by atoms with Crippen LogP contribution in [0.3, 0.4) is 0 Å². The molecule has 1 heterocycles. The first-order valence-corrected chi connectivity index (χ1v) is 9.68. The number of benzene rings is 1. The first-order valence-electron chi connectivity index (χ1n) is 8.80. The van der Waals surface area contributed by atoms with Crippen molar-refractivity contribution >= 4 is 23.4 Å². The molecule has 0 aliphatic heterocycles. The molecular weight excluding hydrogens is 366 g/mol. The highest BCUT2D eigenvalue weighted by molar-refractivity contribution is 8.00. The fraction of sp³-hybridized carbons (Fsp3) is 0.421. The number of hydrogen-bond acceptors (Lipinski definition) is 6. The van der Waals surface area contributed by atoms with E-state index in [9.17, 15) is 9.59 Å². The van der Waals surface area contributed by atoms with E-state index >= 15 is 0 Å². The lowest BCUT2D eigenvalue weighted by Crippen LogP contribution is -2.25. The van der Waals surface area contributed by atoms with Gasteiger partial charge in [-0.25, -0.2) is 4.98 Å². The fourth-order valence-electron chi connectivity index (χ4n) is 2.51. The molecule has 2 N–H and O–H groups in total. The highest BCUT2D eigenvalue weighted by atomic mass is 32.2. The first kappa shape index (κ1) is 20.8. The molecule has 0 fully saturated rings. The van der Waals surface area contributed by atoms with Crippen LogP contribution in [0.15, 0.2) is 34.2 Å². The number of carbonyl (C=O) groups excluding carboxylic acids is 1. The van der Waals surface area contributed by atoms with E-state index in [4.69, 9.17) is 9.47 Å². The summed E-state index contributed by atoms with van der Waals surface area (Å²) < 4.78 is 10.5. The Morgan fingerprint density at radius 1 is 1.26 bits per heavy atom. The maximum atomic E-state index is 12.8.